The van der Waals surface area contributed by atoms with Crippen LogP contribution in [0.25, 0.3) is 5.57 Å². The van der Waals surface area contributed by atoms with Gasteiger partial charge in [0.2, 0.25) is 15.9 Å². The fourth-order valence-electron chi connectivity index (χ4n) is 4.07. The fourth-order valence-corrected chi connectivity index (χ4v) is 6.74. The van der Waals surface area contributed by atoms with Crippen LogP contribution in [0.5, 0.6) is 0 Å². The number of hydrogen-bond acceptors (Lipinski definition) is 6. The number of halogens is 2. The van der Waals surface area contributed by atoms with Gasteiger partial charge in [0, 0.05) is 37.6 Å². The average Bonchev–Trinajstić information content (AvgIpc) is 3.40. The Balaban J connectivity index is 1.91. The first kappa shape index (κ1) is 30.2. The third-order valence-electron chi connectivity index (χ3n) is 5.88. The van der Waals surface area contributed by atoms with Gasteiger partial charge >= 0.3 is 0 Å². The molecule has 2 amide bonds. The second kappa shape index (κ2) is 11.8. The number of benzene rings is 1. The molecule has 1 aliphatic rings. The molecule has 0 spiro atoms. The molecular weight excluding hydrogens is 553 g/mol. The lowest BCUT2D eigenvalue weighted by molar-refractivity contribution is -0.120. The summed E-state index contributed by atoms with van der Waals surface area (Å²) in [6, 6.07) is 6.29. The summed E-state index contributed by atoms with van der Waals surface area (Å²) in [7, 11) is -0.955. The minimum absolute atomic E-state index is 0.00366. The zero-order valence-corrected chi connectivity index (χ0v) is 24.7. The first-order chi connectivity index (χ1) is 17.6. The van der Waals surface area contributed by atoms with Crippen LogP contribution in [-0.4, -0.2) is 74.9 Å². The Morgan fingerprint density at radius 1 is 1.26 bits per heavy atom. The molecule has 0 radical (unpaired) electrons. The molecule has 0 bridgehead atoms. The van der Waals surface area contributed by atoms with E-state index >= 15 is 4.39 Å². The first-order valence-electron chi connectivity index (χ1n) is 12.0. The lowest BCUT2D eigenvalue weighted by Gasteiger charge is -2.28. The Labute approximate surface area is 232 Å². The van der Waals surface area contributed by atoms with Crippen molar-refractivity contribution in [2.75, 3.05) is 38.7 Å². The van der Waals surface area contributed by atoms with Crippen molar-refractivity contribution in [2.45, 2.75) is 45.8 Å². The van der Waals surface area contributed by atoms with Gasteiger partial charge < -0.3 is 14.5 Å². The maximum absolute atomic E-state index is 15.0. The van der Waals surface area contributed by atoms with E-state index in [2.05, 4.69) is 0 Å². The number of anilines is 1. The van der Waals surface area contributed by atoms with Crippen molar-refractivity contribution >= 4 is 56.0 Å². The summed E-state index contributed by atoms with van der Waals surface area (Å²) < 4.78 is 49.6. The molecule has 1 saturated heterocycles. The standard InChI is InChI=1S/C26H33ClFN3O5S2/c1-17(22-9-10-23(27)37-22)16-38(34,35)31(13-14-36-26(2,3)4)21-11-12-30(25(21)33)20-8-7-18(15-19(20)28)24(32)29(5)6/h7-10,15-16,21H,11-14H2,1-6H3/b17-16-/t21-/m0/s1. The number of carbonyl (C=O) groups excluding carboxylic acids is 2. The van der Waals surface area contributed by atoms with E-state index in [-0.39, 0.29) is 43.3 Å². The first-order valence-corrected chi connectivity index (χ1v) is 14.7. The highest BCUT2D eigenvalue weighted by atomic mass is 35.5. The number of allylic oxidation sites excluding steroid dienone is 1. The number of carbonyl (C=O) groups is 2. The predicted octanol–water partition coefficient (Wildman–Crippen LogP) is 4.86. The van der Waals surface area contributed by atoms with Gasteiger partial charge in [0.25, 0.3) is 5.91 Å². The third-order valence-corrected chi connectivity index (χ3v) is 8.99. The summed E-state index contributed by atoms with van der Waals surface area (Å²) in [5.74, 6) is -1.64. The number of sulfonamides is 1. The summed E-state index contributed by atoms with van der Waals surface area (Å²) in [4.78, 5) is 28.9. The number of rotatable bonds is 9. The van der Waals surface area contributed by atoms with Crippen molar-refractivity contribution in [3.05, 3.63) is 56.3 Å². The van der Waals surface area contributed by atoms with Gasteiger partial charge in [-0.25, -0.2) is 12.8 Å². The second-order valence-corrected chi connectivity index (χ2v) is 13.6. The van der Waals surface area contributed by atoms with Crippen LogP contribution in [-0.2, 0) is 19.6 Å². The number of thiophene rings is 1. The molecule has 1 fully saturated rings. The van der Waals surface area contributed by atoms with Crippen LogP contribution in [0.2, 0.25) is 4.34 Å². The van der Waals surface area contributed by atoms with Crippen molar-refractivity contribution in [3.8, 4) is 0 Å². The van der Waals surface area contributed by atoms with E-state index in [4.69, 9.17) is 16.3 Å². The smallest absolute Gasteiger partial charge is 0.253 e. The Bertz CT molecular complexity index is 1330. The molecule has 3 rings (SSSR count). The molecule has 8 nitrogen and oxygen atoms in total. The van der Waals surface area contributed by atoms with Crippen molar-refractivity contribution in [1.82, 2.24) is 9.21 Å². The monoisotopic (exact) mass is 585 g/mol. The molecule has 2 aromatic rings. The summed E-state index contributed by atoms with van der Waals surface area (Å²) in [5.41, 5.74) is 0.127. The highest BCUT2D eigenvalue weighted by molar-refractivity contribution is 7.92. The second-order valence-electron chi connectivity index (χ2n) is 10.2. The molecule has 1 aromatic heterocycles. The molecule has 12 heteroatoms. The molecule has 0 unspecified atom stereocenters. The Morgan fingerprint density at radius 2 is 1.95 bits per heavy atom. The van der Waals surface area contributed by atoms with Gasteiger partial charge in [0.1, 0.15) is 11.9 Å². The zero-order valence-electron chi connectivity index (χ0n) is 22.3. The molecule has 0 aliphatic carbocycles. The third kappa shape index (κ3) is 7.20. The quantitative estimate of drug-likeness (QED) is 0.420. The molecule has 38 heavy (non-hydrogen) atoms. The SMILES string of the molecule is C/C(=C/S(=O)(=O)N(CCOC(C)(C)C)[C@H]1CCN(c2ccc(C(=O)N(C)C)cc2F)C1=O)c1ccc(Cl)s1. The van der Waals surface area contributed by atoms with Gasteiger partial charge in [-0.1, -0.05) is 11.6 Å². The minimum atomic E-state index is -4.07. The Morgan fingerprint density at radius 3 is 2.50 bits per heavy atom. The molecule has 0 saturated carbocycles. The topological polar surface area (TPSA) is 87.2 Å². The summed E-state index contributed by atoms with van der Waals surface area (Å²) in [5, 5.41) is 1.13. The van der Waals surface area contributed by atoms with Gasteiger partial charge in [-0.2, -0.15) is 4.31 Å². The highest BCUT2D eigenvalue weighted by Crippen LogP contribution is 2.32. The van der Waals surface area contributed by atoms with E-state index < -0.39 is 33.4 Å². The highest BCUT2D eigenvalue weighted by Gasteiger charge is 2.42. The summed E-state index contributed by atoms with van der Waals surface area (Å²) in [6.07, 6.45) is 0.170. The molecule has 208 valence electrons. The Kier molecular flexibility index (Phi) is 9.41. The number of amides is 2. The van der Waals surface area contributed by atoms with Crippen LogP contribution < -0.4 is 4.90 Å². The van der Waals surface area contributed by atoms with E-state index in [0.29, 0.717) is 14.8 Å². The van der Waals surface area contributed by atoms with Gasteiger partial charge in [0.05, 0.1) is 27.6 Å². The molecule has 1 atom stereocenters. The lowest BCUT2D eigenvalue weighted by Crippen LogP contribution is -2.46. The maximum Gasteiger partial charge on any atom is 0.253 e. The number of nitrogens with zero attached hydrogens (tertiary/aromatic N) is 3. The average molecular weight is 586 g/mol. The van der Waals surface area contributed by atoms with Gasteiger partial charge in [0.15, 0.2) is 0 Å². The Hall–Kier alpha value is -2.31. The van der Waals surface area contributed by atoms with Crippen molar-refractivity contribution in [2.24, 2.45) is 0 Å². The molecule has 1 aliphatic heterocycles. The van der Waals surface area contributed by atoms with Gasteiger partial charge in [-0.3, -0.25) is 9.59 Å². The molecule has 1 aromatic carbocycles. The van der Waals surface area contributed by atoms with Crippen LogP contribution >= 0.6 is 22.9 Å². The molecule has 0 N–H and O–H groups in total. The largest absolute Gasteiger partial charge is 0.374 e. The van der Waals surface area contributed by atoms with Crippen LogP contribution in [0.15, 0.2) is 35.7 Å². The maximum atomic E-state index is 15.0. The fraction of sp³-hybridized carbons (Fsp3) is 0.462. The van der Waals surface area contributed by atoms with E-state index in [1.807, 2.05) is 20.8 Å². The van der Waals surface area contributed by atoms with Gasteiger partial charge in [-0.05, 0) is 70.0 Å². The van der Waals surface area contributed by atoms with Crippen molar-refractivity contribution in [3.63, 3.8) is 0 Å². The summed E-state index contributed by atoms with van der Waals surface area (Å²) >= 11 is 7.27. The zero-order chi connectivity index (χ0) is 28.4. The lowest BCUT2D eigenvalue weighted by atomic mass is 10.1. The number of hydrogen-bond donors (Lipinski definition) is 0. The molecule has 2 heterocycles. The van der Waals surface area contributed by atoms with E-state index in [9.17, 15) is 18.0 Å². The summed E-state index contributed by atoms with van der Waals surface area (Å²) in [6.45, 7) is 7.36. The number of ether oxygens (including phenoxy) is 1. The van der Waals surface area contributed by atoms with Gasteiger partial charge in [-0.15, -0.1) is 11.3 Å². The molecular formula is C26H33ClFN3O5S2. The van der Waals surface area contributed by atoms with Crippen molar-refractivity contribution < 1.29 is 27.1 Å². The van der Waals surface area contributed by atoms with Crippen LogP contribution in [0.1, 0.15) is 49.4 Å². The van der Waals surface area contributed by atoms with E-state index in [0.717, 1.165) is 15.8 Å². The van der Waals surface area contributed by atoms with Crippen LogP contribution in [0, 0.1) is 5.82 Å². The predicted molar refractivity (Wildman–Crippen MR) is 149 cm³/mol. The van der Waals surface area contributed by atoms with E-state index in [1.54, 1.807) is 33.2 Å². The minimum Gasteiger partial charge on any atom is -0.374 e. The van der Waals surface area contributed by atoms with Crippen molar-refractivity contribution in [1.29, 1.82) is 0 Å². The van der Waals surface area contributed by atoms with Crippen LogP contribution in [0.4, 0.5) is 10.1 Å². The van der Waals surface area contributed by atoms with E-state index in [1.165, 1.54) is 33.3 Å². The van der Waals surface area contributed by atoms with Crippen LogP contribution in [0.3, 0.4) is 0 Å². The normalized spacial score (nSPS) is 17.0.